The summed E-state index contributed by atoms with van der Waals surface area (Å²) in [6.07, 6.45) is 6.59. The zero-order valence-corrected chi connectivity index (χ0v) is 35.5. The van der Waals surface area contributed by atoms with Gasteiger partial charge in [0.25, 0.3) is 5.91 Å². The van der Waals surface area contributed by atoms with E-state index in [9.17, 15) is 4.79 Å². The second-order valence-corrected chi connectivity index (χ2v) is 16.3. The van der Waals surface area contributed by atoms with Crippen molar-refractivity contribution in [3.8, 4) is 28.3 Å². The van der Waals surface area contributed by atoms with Gasteiger partial charge in [0, 0.05) is 90.5 Å². The predicted molar refractivity (Wildman–Crippen MR) is 231 cm³/mol. The second kappa shape index (κ2) is 15.3. The number of halogens is 2. The minimum absolute atomic E-state index is 0.0591. The molecule has 0 aliphatic carbocycles. The number of hydrogen-bond donors (Lipinski definition) is 0. The SMILES string of the molecule is Cc1cc(OCCCc2c3n(c4c(-c5c(C)nn(C)c5C)c(Cl)ccc24)[C@H](C)CN(c2cn(CC(=O)N(C)C)c4ccc(-c5ncccn5)cc24)C3=O)cc(C)c1Cl. The number of nitrogens with zero attached hydrogens (tertiary/aromatic N) is 8. The summed E-state index contributed by atoms with van der Waals surface area (Å²) in [6.45, 7) is 11.1. The van der Waals surface area contributed by atoms with Crippen molar-refractivity contribution in [3.05, 3.63) is 111 Å². The Morgan fingerprint density at radius 2 is 1.69 bits per heavy atom. The van der Waals surface area contributed by atoms with Gasteiger partial charge in [-0.1, -0.05) is 29.3 Å². The van der Waals surface area contributed by atoms with Crippen LogP contribution in [0.4, 0.5) is 5.69 Å². The topological polar surface area (TPSA) is 103 Å². The van der Waals surface area contributed by atoms with Crippen molar-refractivity contribution in [2.24, 2.45) is 7.05 Å². The number of fused-ring (bicyclic) bond motifs is 4. The Hall–Kier alpha value is -5.65. The average molecular weight is 818 g/mol. The molecule has 7 aromatic rings. The van der Waals surface area contributed by atoms with Gasteiger partial charge >= 0.3 is 0 Å². The normalized spacial score (nSPS) is 14.1. The molecule has 2 amide bonds. The number of benzene rings is 3. The van der Waals surface area contributed by atoms with Gasteiger partial charge in [0.05, 0.1) is 34.0 Å². The highest BCUT2D eigenvalue weighted by Gasteiger charge is 2.38. The number of carbonyl (C=O) groups is 2. The van der Waals surface area contributed by atoms with Crippen molar-refractivity contribution in [1.82, 2.24) is 33.8 Å². The molecule has 0 unspecified atom stereocenters. The molecule has 298 valence electrons. The molecule has 0 fully saturated rings. The van der Waals surface area contributed by atoms with Crippen LogP contribution in [0.25, 0.3) is 44.3 Å². The molecule has 0 saturated heterocycles. The maximum absolute atomic E-state index is 15.4. The third kappa shape index (κ3) is 6.69. The van der Waals surface area contributed by atoms with Crippen molar-refractivity contribution in [3.63, 3.8) is 0 Å². The van der Waals surface area contributed by atoms with E-state index in [0.29, 0.717) is 48.2 Å². The number of likely N-dealkylation sites (N-methyl/N-ethyl adjacent to an activating group) is 1. The second-order valence-electron chi connectivity index (χ2n) is 15.5. The minimum Gasteiger partial charge on any atom is -0.494 e. The molecular weight excluding hydrogens is 771 g/mol. The summed E-state index contributed by atoms with van der Waals surface area (Å²) in [5.74, 6) is 1.15. The van der Waals surface area contributed by atoms with Gasteiger partial charge in [0.15, 0.2) is 5.82 Å². The fourth-order valence-electron chi connectivity index (χ4n) is 8.44. The maximum Gasteiger partial charge on any atom is 0.275 e. The molecule has 1 aliphatic rings. The Morgan fingerprint density at radius 3 is 2.36 bits per heavy atom. The minimum atomic E-state index is -0.155. The Labute approximate surface area is 347 Å². The van der Waals surface area contributed by atoms with E-state index in [1.165, 1.54) is 0 Å². The quantitative estimate of drug-likeness (QED) is 0.128. The molecule has 1 atom stereocenters. The van der Waals surface area contributed by atoms with Gasteiger partial charge in [0.2, 0.25) is 5.91 Å². The van der Waals surface area contributed by atoms with Crippen LogP contribution in [-0.4, -0.2) is 72.8 Å². The van der Waals surface area contributed by atoms with E-state index in [2.05, 4.69) is 21.5 Å². The fourth-order valence-corrected chi connectivity index (χ4v) is 8.79. The summed E-state index contributed by atoms with van der Waals surface area (Å²) in [7, 11) is 5.42. The van der Waals surface area contributed by atoms with E-state index < -0.39 is 0 Å². The summed E-state index contributed by atoms with van der Waals surface area (Å²) in [5, 5.41) is 7.89. The molecule has 3 aromatic carbocycles. The molecule has 4 aromatic heterocycles. The maximum atomic E-state index is 15.4. The van der Waals surface area contributed by atoms with Crippen LogP contribution in [0.1, 0.15) is 58.0 Å². The summed E-state index contributed by atoms with van der Waals surface area (Å²) in [6, 6.07) is 15.5. The highest BCUT2D eigenvalue weighted by molar-refractivity contribution is 6.35. The fraction of sp³-hybridized carbons (Fsp3) is 0.311. The largest absolute Gasteiger partial charge is 0.494 e. The van der Waals surface area contributed by atoms with Crippen LogP contribution >= 0.6 is 23.2 Å². The lowest BCUT2D eigenvalue weighted by molar-refractivity contribution is -0.129. The number of anilines is 1. The zero-order chi connectivity index (χ0) is 41.2. The van der Waals surface area contributed by atoms with Crippen LogP contribution in [0, 0.1) is 27.7 Å². The number of amides is 2. The molecule has 5 heterocycles. The average Bonchev–Trinajstić information content (AvgIpc) is 3.81. The zero-order valence-electron chi connectivity index (χ0n) is 34.0. The van der Waals surface area contributed by atoms with Crippen molar-refractivity contribution in [2.45, 2.75) is 60.0 Å². The number of carbonyl (C=O) groups excluding carboxylic acids is 2. The van der Waals surface area contributed by atoms with E-state index in [4.69, 9.17) is 33.0 Å². The molecule has 0 saturated carbocycles. The van der Waals surface area contributed by atoms with E-state index in [0.717, 1.165) is 77.3 Å². The lowest BCUT2D eigenvalue weighted by Crippen LogP contribution is -2.42. The molecule has 58 heavy (non-hydrogen) atoms. The van der Waals surface area contributed by atoms with Crippen LogP contribution in [0.5, 0.6) is 5.75 Å². The van der Waals surface area contributed by atoms with Crippen molar-refractivity contribution >= 4 is 62.5 Å². The first-order valence-corrected chi connectivity index (χ1v) is 20.2. The lowest BCUT2D eigenvalue weighted by atomic mass is 9.98. The summed E-state index contributed by atoms with van der Waals surface area (Å²) in [4.78, 5) is 41.0. The van der Waals surface area contributed by atoms with E-state index in [-0.39, 0.29) is 24.4 Å². The van der Waals surface area contributed by atoms with Gasteiger partial charge in [-0.3, -0.25) is 14.3 Å². The van der Waals surface area contributed by atoms with Gasteiger partial charge in [0.1, 0.15) is 18.0 Å². The van der Waals surface area contributed by atoms with Crippen LogP contribution in [0.2, 0.25) is 10.0 Å². The van der Waals surface area contributed by atoms with E-state index >= 15 is 4.79 Å². The lowest BCUT2D eigenvalue weighted by Gasteiger charge is -2.34. The Balaban J connectivity index is 1.28. The van der Waals surface area contributed by atoms with Crippen molar-refractivity contribution < 1.29 is 14.3 Å². The van der Waals surface area contributed by atoms with Crippen LogP contribution in [-0.2, 0) is 24.8 Å². The van der Waals surface area contributed by atoms with Crippen molar-refractivity contribution in [1.29, 1.82) is 0 Å². The number of aromatic nitrogens is 6. The molecule has 13 heteroatoms. The third-order valence-corrected chi connectivity index (χ3v) is 12.3. The van der Waals surface area contributed by atoms with Gasteiger partial charge in [-0.15, -0.1) is 0 Å². The van der Waals surface area contributed by atoms with Gasteiger partial charge in [-0.05, 0) is 107 Å². The van der Waals surface area contributed by atoms with E-state index in [1.54, 1.807) is 37.5 Å². The number of hydrogen-bond acceptors (Lipinski definition) is 6. The monoisotopic (exact) mass is 816 g/mol. The number of rotatable bonds is 10. The molecule has 0 N–H and O–H groups in total. The number of aryl methyl sites for hydroxylation is 5. The third-order valence-electron chi connectivity index (χ3n) is 11.3. The first-order chi connectivity index (χ1) is 27.7. The summed E-state index contributed by atoms with van der Waals surface area (Å²) in [5.41, 5.74) is 10.4. The van der Waals surface area contributed by atoms with Crippen LogP contribution in [0.3, 0.4) is 0 Å². The van der Waals surface area contributed by atoms with Gasteiger partial charge < -0.3 is 23.7 Å². The first kappa shape index (κ1) is 39.2. The number of ether oxygens (including phenoxy) is 1. The Kier molecular flexibility index (Phi) is 10.3. The van der Waals surface area contributed by atoms with E-state index in [1.807, 2.05) is 97.6 Å². The molecule has 0 radical (unpaired) electrons. The van der Waals surface area contributed by atoms with Gasteiger partial charge in [-0.2, -0.15) is 5.10 Å². The summed E-state index contributed by atoms with van der Waals surface area (Å²) >= 11 is 13.6. The summed E-state index contributed by atoms with van der Waals surface area (Å²) < 4.78 is 12.3. The Morgan fingerprint density at radius 1 is 0.966 bits per heavy atom. The molecular formula is C45H46Cl2N8O3. The molecule has 8 rings (SSSR count). The van der Waals surface area contributed by atoms with Crippen LogP contribution in [0.15, 0.2) is 67.1 Å². The Bertz CT molecular complexity index is 2740. The molecule has 11 nitrogen and oxygen atoms in total. The van der Waals surface area contributed by atoms with Gasteiger partial charge in [-0.25, -0.2) is 9.97 Å². The molecule has 0 bridgehead atoms. The molecule has 0 spiro atoms. The van der Waals surface area contributed by atoms with Crippen molar-refractivity contribution in [2.75, 3.05) is 32.1 Å². The highest BCUT2D eigenvalue weighted by atomic mass is 35.5. The molecule has 1 aliphatic heterocycles. The predicted octanol–water partition coefficient (Wildman–Crippen LogP) is 9.32. The smallest absolute Gasteiger partial charge is 0.275 e. The highest BCUT2D eigenvalue weighted by Crippen LogP contribution is 2.46. The van der Waals surface area contributed by atoms with Crippen LogP contribution < -0.4 is 9.64 Å². The first-order valence-electron chi connectivity index (χ1n) is 19.4. The standard InChI is InChI=1S/C45H46Cl2N8O3/c1-25-19-31(20-26(2)41(25)47)58-18-9-11-32-33-13-14-35(46)40(39-28(4)50-52(8)29(39)5)42(33)55-27(3)22-54(45(57)43(32)55)37-23-53(24-38(56)51(6)7)36-15-12-30(21-34(36)37)44-48-16-10-17-49-44/h10,12-17,19-21,23,27H,9,11,18,22,24H2,1-8H3/t27-/m1/s1.